The van der Waals surface area contributed by atoms with Crippen LogP contribution in [-0.2, 0) is 12.0 Å². The number of hydrogen-bond donors (Lipinski definition) is 1. The molecule has 0 bridgehead atoms. The van der Waals surface area contributed by atoms with E-state index in [2.05, 4.69) is 26.2 Å². The van der Waals surface area contributed by atoms with Gasteiger partial charge < -0.3 is 5.11 Å². The minimum Gasteiger partial charge on any atom is -0.476 e. The summed E-state index contributed by atoms with van der Waals surface area (Å²) in [6, 6.07) is 7.79. The lowest BCUT2D eigenvalue weighted by atomic mass is 9.90. The molecule has 5 nitrogen and oxygen atoms in total. The van der Waals surface area contributed by atoms with Gasteiger partial charge in [-0.2, -0.15) is 0 Å². The second-order valence-electron chi connectivity index (χ2n) is 5.59. The highest BCUT2D eigenvalue weighted by molar-refractivity contribution is 9.10. The topological polar surface area (TPSA) is 68.0 Å². The maximum atomic E-state index is 11.3. The van der Waals surface area contributed by atoms with Gasteiger partial charge >= 0.3 is 5.97 Å². The predicted octanol–water partition coefficient (Wildman–Crippen LogP) is 3.08. The van der Waals surface area contributed by atoms with Crippen molar-refractivity contribution in [3.63, 3.8) is 0 Å². The second-order valence-corrected chi connectivity index (χ2v) is 6.45. The van der Waals surface area contributed by atoms with Crippen molar-refractivity contribution >= 4 is 21.9 Å². The fourth-order valence-corrected chi connectivity index (χ4v) is 2.51. The maximum Gasteiger partial charge on any atom is 0.358 e. The highest BCUT2D eigenvalue weighted by Gasteiger charge is 2.29. The highest BCUT2D eigenvalue weighted by Crippen LogP contribution is 2.26. The van der Waals surface area contributed by atoms with Gasteiger partial charge in [-0.05, 0) is 11.6 Å². The van der Waals surface area contributed by atoms with Crippen molar-refractivity contribution in [2.45, 2.75) is 32.7 Å². The third-order valence-corrected chi connectivity index (χ3v) is 3.70. The van der Waals surface area contributed by atoms with Crippen LogP contribution in [0.4, 0.5) is 0 Å². The number of aromatic carboxylic acids is 1. The minimum absolute atomic E-state index is 0.0181. The fourth-order valence-electron chi connectivity index (χ4n) is 2.10. The van der Waals surface area contributed by atoms with E-state index in [0.29, 0.717) is 12.2 Å². The Kier molecular flexibility index (Phi) is 3.94. The maximum absolute atomic E-state index is 11.3. The SMILES string of the molecule is CC(C)(C)c1c(C(=O)O)nnn1Cc1ccccc1Br. The van der Waals surface area contributed by atoms with E-state index in [1.54, 1.807) is 4.68 Å². The summed E-state index contributed by atoms with van der Waals surface area (Å²) in [5.74, 6) is -1.05. The van der Waals surface area contributed by atoms with Gasteiger partial charge in [0.25, 0.3) is 0 Å². The van der Waals surface area contributed by atoms with Crippen LogP contribution in [0, 0.1) is 0 Å². The summed E-state index contributed by atoms with van der Waals surface area (Å²) in [6.45, 7) is 6.34. The normalized spacial score (nSPS) is 11.6. The molecule has 106 valence electrons. The molecule has 1 N–H and O–H groups in total. The summed E-state index contributed by atoms with van der Waals surface area (Å²) in [7, 11) is 0. The number of halogens is 1. The van der Waals surface area contributed by atoms with Crippen molar-refractivity contribution in [1.29, 1.82) is 0 Å². The molecule has 0 aliphatic heterocycles. The number of aromatic nitrogens is 3. The monoisotopic (exact) mass is 337 g/mol. The Bertz CT molecular complexity index is 644. The zero-order valence-electron chi connectivity index (χ0n) is 11.6. The van der Waals surface area contributed by atoms with Gasteiger partial charge in [-0.15, -0.1) is 5.10 Å². The van der Waals surface area contributed by atoms with E-state index < -0.39 is 5.97 Å². The van der Waals surface area contributed by atoms with Gasteiger partial charge in [0, 0.05) is 9.89 Å². The Balaban J connectivity index is 2.48. The number of carboxylic acids is 1. The Hall–Kier alpha value is -1.69. The molecule has 1 heterocycles. The summed E-state index contributed by atoms with van der Waals surface area (Å²) in [4.78, 5) is 11.3. The van der Waals surface area contributed by atoms with Gasteiger partial charge in [0.15, 0.2) is 5.69 Å². The Morgan fingerprint density at radius 1 is 1.35 bits per heavy atom. The summed E-state index contributed by atoms with van der Waals surface area (Å²) in [5, 5.41) is 17.0. The smallest absolute Gasteiger partial charge is 0.358 e. The number of rotatable bonds is 3. The van der Waals surface area contributed by atoms with Crippen LogP contribution < -0.4 is 0 Å². The molecule has 0 atom stereocenters. The molecule has 0 fully saturated rings. The first-order valence-electron chi connectivity index (χ1n) is 6.21. The highest BCUT2D eigenvalue weighted by atomic mass is 79.9. The molecule has 0 unspecified atom stereocenters. The predicted molar refractivity (Wildman–Crippen MR) is 78.9 cm³/mol. The van der Waals surface area contributed by atoms with Crippen LogP contribution in [0.2, 0.25) is 0 Å². The van der Waals surface area contributed by atoms with Crippen LogP contribution in [0.5, 0.6) is 0 Å². The fraction of sp³-hybridized carbons (Fsp3) is 0.357. The number of carboxylic acid groups (broad SMARTS) is 1. The van der Waals surface area contributed by atoms with E-state index in [9.17, 15) is 9.90 Å². The number of benzene rings is 1. The molecule has 0 radical (unpaired) electrons. The molecule has 0 spiro atoms. The van der Waals surface area contributed by atoms with Crippen molar-refractivity contribution < 1.29 is 9.90 Å². The van der Waals surface area contributed by atoms with Gasteiger partial charge in [0.1, 0.15) is 0 Å². The minimum atomic E-state index is -1.05. The third kappa shape index (κ3) is 2.90. The molecule has 0 aliphatic carbocycles. The van der Waals surface area contributed by atoms with Crippen molar-refractivity contribution in [3.05, 3.63) is 45.7 Å². The molecule has 1 aromatic carbocycles. The van der Waals surface area contributed by atoms with Gasteiger partial charge in [-0.25, -0.2) is 9.48 Å². The molecular formula is C14H16BrN3O2. The van der Waals surface area contributed by atoms with Crippen molar-refractivity contribution in [1.82, 2.24) is 15.0 Å². The molecule has 0 saturated carbocycles. The number of carbonyl (C=O) groups is 1. The van der Waals surface area contributed by atoms with Gasteiger partial charge in [0.05, 0.1) is 12.2 Å². The lowest BCUT2D eigenvalue weighted by Crippen LogP contribution is -2.22. The van der Waals surface area contributed by atoms with E-state index in [-0.39, 0.29) is 11.1 Å². The van der Waals surface area contributed by atoms with E-state index in [4.69, 9.17) is 0 Å². The van der Waals surface area contributed by atoms with Crippen molar-refractivity contribution in [2.75, 3.05) is 0 Å². The van der Waals surface area contributed by atoms with Crippen LogP contribution in [0.1, 0.15) is 42.5 Å². The zero-order valence-corrected chi connectivity index (χ0v) is 13.2. The van der Waals surface area contributed by atoms with E-state index in [1.165, 1.54) is 0 Å². The van der Waals surface area contributed by atoms with Crippen molar-refractivity contribution in [3.8, 4) is 0 Å². The molecule has 0 aliphatic rings. The first kappa shape index (κ1) is 14.7. The first-order valence-corrected chi connectivity index (χ1v) is 7.00. The first-order chi connectivity index (χ1) is 9.30. The summed E-state index contributed by atoms with van der Waals surface area (Å²) < 4.78 is 2.62. The second kappa shape index (κ2) is 5.36. The molecule has 2 aromatic rings. The van der Waals surface area contributed by atoms with Crippen LogP contribution >= 0.6 is 15.9 Å². The standard InChI is InChI=1S/C14H16BrN3O2/c1-14(2,3)12-11(13(19)20)16-17-18(12)8-9-6-4-5-7-10(9)15/h4-7H,8H2,1-3H3,(H,19,20). The van der Waals surface area contributed by atoms with Crippen LogP contribution in [0.25, 0.3) is 0 Å². The quantitative estimate of drug-likeness (QED) is 0.934. The molecule has 0 amide bonds. The molecule has 20 heavy (non-hydrogen) atoms. The molecule has 0 saturated heterocycles. The Labute approximate surface area is 125 Å². The Morgan fingerprint density at radius 2 is 2.00 bits per heavy atom. The number of nitrogens with zero attached hydrogens (tertiary/aromatic N) is 3. The lowest BCUT2D eigenvalue weighted by molar-refractivity contribution is 0.0687. The number of hydrogen-bond acceptors (Lipinski definition) is 3. The van der Waals surface area contributed by atoms with Crippen LogP contribution in [0.15, 0.2) is 28.7 Å². The summed E-state index contributed by atoms with van der Waals surface area (Å²) in [6.07, 6.45) is 0. The lowest BCUT2D eigenvalue weighted by Gasteiger charge is -2.20. The van der Waals surface area contributed by atoms with Crippen LogP contribution in [-0.4, -0.2) is 26.1 Å². The average Bonchev–Trinajstić information content (AvgIpc) is 2.76. The third-order valence-electron chi connectivity index (χ3n) is 2.93. The molecule has 6 heteroatoms. The zero-order chi connectivity index (χ0) is 14.9. The molecular weight excluding hydrogens is 322 g/mol. The summed E-state index contributed by atoms with van der Waals surface area (Å²) >= 11 is 3.49. The Morgan fingerprint density at radius 3 is 2.55 bits per heavy atom. The van der Waals surface area contributed by atoms with E-state index in [1.807, 2.05) is 45.0 Å². The van der Waals surface area contributed by atoms with Gasteiger partial charge in [-0.1, -0.05) is 60.1 Å². The van der Waals surface area contributed by atoms with Gasteiger partial charge in [-0.3, -0.25) is 0 Å². The largest absolute Gasteiger partial charge is 0.476 e. The average molecular weight is 338 g/mol. The van der Waals surface area contributed by atoms with Crippen molar-refractivity contribution in [2.24, 2.45) is 0 Å². The molecule has 2 rings (SSSR count). The molecule has 1 aromatic heterocycles. The summed E-state index contributed by atoms with van der Waals surface area (Å²) in [5.41, 5.74) is 1.32. The van der Waals surface area contributed by atoms with Gasteiger partial charge in [0.2, 0.25) is 0 Å². The van der Waals surface area contributed by atoms with Crippen LogP contribution in [0.3, 0.4) is 0 Å². The van der Waals surface area contributed by atoms with E-state index >= 15 is 0 Å². The van der Waals surface area contributed by atoms with E-state index in [0.717, 1.165) is 10.0 Å².